The van der Waals surface area contributed by atoms with E-state index >= 15 is 0 Å². The zero-order valence-electron chi connectivity index (χ0n) is 11.8. The highest BCUT2D eigenvalue weighted by atomic mass is 32.2. The maximum Gasteiger partial charge on any atom is 0.230 e. The van der Waals surface area contributed by atoms with Crippen LogP contribution in [0.2, 0.25) is 0 Å². The molecule has 0 saturated heterocycles. The first-order valence-corrected chi connectivity index (χ1v) is 7.64. The first kappa shape index (κ1) is 14.7. The standard InChI is InChI=1S/C17H19NOS/c1-13-8-9-15(14(2)10-13)11-18-17(19)12-20-16-6-4-3-5-7-16/h3-10H,11-12H2,1-2H3,(H,18,19). The van der Waals surface area contributed by atoms with Crippen molar-refractivity contribution >= 4 is 17.7 Å². The Balaban J connectivity index is 1.80. The van der Waals surface area contributed by atoms with Crippen LogP contribution in [0.15, 0.2) is 53.4 Å². The summed E-state index contributed by atoms with van der Waals surface area (Å²) in [6.45, 7) is 4.75. The van der Waals surface area contributed by atoms with Gasteiger partial charge in [0.1, 0.15) is 0 Å². The summed E-state index contributed by atoms with van der Waals surface area (Å²) in [5.74, 6) is 0.522. The van der Waals surface area contributed by atoms with Gasteiger partial charge < -0.3 is 5.32 Å². The first-order valence-electron chi connectivity index (χ1n) is 6.66. The van der Waals surface area contributed by atoms with E-state index in [2.05, 4.69) is 37.4 Å². The molecule has 2 aromatic carbocycles. The van der Waals surface area contributed by atoms with E-state index in [1.165, 1.54) is 16.7 Å². The van der Waals surface area contributed by atoms with E-state index in [9.17, 15) is 4.79 Å². The van der Waals surface area contributed by atoms with Gasteiger partial charge in [0.15, 0.2) is 0 Å². The SMILES string of the molecule is Cc1ccc(CNC(=O)CSc2ccccc2)c(C)c1. The van der Waals surface area contributed by atoms with Crippen molar-refractivity contribution in [2.75, 3.05) is 5.75 Å². The molecule has 0 fully saturated rings. The molecule has 0 aliphatic heterocycles. The van der Waals surface area contributed by atoms with E-state index in [-0.39, 0.29) is 5.91 Å². The molecule has 0 aliphatic carbocycles. The van der Waals surface area contributed by atoms with Crippen LogP contribution in [0.25, 0.3) is 0 Å². The second-order valence-corrected chi connectivity index (χ2v) is 5.86. The van der Waals surface area contributed by atoms with Crippen LogP contribution in [0.3, 0.4) is 0 Å². The molecule has 2 nitrogen and oxygen atoms in total. The number of hydrogen-bond donors (Lipinski definition) is 1. The smallest absolute Gasteiger partial charge is 0.230 e. The molecule has 0 aliphatic rings. The molecule has 104 valence electrons. The first-order chi connectivity index (χ1) is 9.65. The third kappa shape index (κ3) is 4.42. The minimum atomic E-state index is 0.0684. The molecule has 0 heterocycles. The van der Waals surface area contributed by atoms with Crippen molar-refractivity contribution in [3.8, 4) is 0 Å². The van der Waals surface area contributed by atoms with E-state index in [0.717, 1.165) is 4.90 Å². The van der Waals surface area contributed by atoms with Gasteiger partial charge in [-0.15, -0.1) is 11.8 Å². The second-order valence-electron chi connectivity index (χ2n) is 4.81. The van der Waals surface area contributed by atoms with E-state index in [4.69, 9.17) is 0 Å². The van der Waals surface area contributed by atoms with Crippen LogP contribution < -0.4 is 5.32 Å². The molecule has 0 radical (unpaired) electrons. The summed E-state index contributed by atoms with van der Waals surface area (Å²) in [4.78, 5) is 13.0. The Morgan fingerprint density at radius 3 is 2.55 bits per heavy atom. The highest BCUT2D eigenvalue weighted by molar-refractivity contribution is 8.00. The third-order valence-electron chi connectivity index (χ3n) is 3.09. The Hall–Kier alpha value is -1.74. The van der Waals surface area contributed by atoms with Crippen LogP contribution in [0, 0.1) is 13.8 Å². The molecule has 0 saturated carbocycles. The van der Waals surface area contributed by atoms with Crippen molar-refractivity contribution in [1.29, 1.82) is 0 Å². The van der Waals surface area contributed by atoms with E-state index in [1.54, 1.807) is 11.8 Å². The number of carbonyl (C=O) groups is 1. The van der Waals surface area contributed by atoms with Gasteiger partial charge in [0.25, 0.3) is 0 Å². The molecule has 0 atom stereocenters. The molecular formula is C17H19NOS. The van der Waals surface area contributed by atoms with Gasteiger partial charge in [-0.1, -0.05) is 42.0 Å². The normalized spacial score (nSPS) is 10.3. The molecular weight excluding hydrogens is 266 g/mol. The summed E-state index contributed by atoms with van der Waals surface area (Å²) in [7, 11) is 0. The minimum Gasteiger partial charge on any atom is -0.351 e. The Morgan fingerprint density at radius 1 is 1.10 bits per heavy atom. The summed E-state index contributed by atoms with van der Waals surface area (Å²) in [5, 5.41) is 2.97. The zero-order valence-corrected chi connectivity index (χ0v) is 12.7. The van der Waals surface area contributed by atoms with Gasteiger partial charge in [0.05, 0.1) is 5.75 Å². The van der Waals surface area contributed by atoms with Crippen LogP contribution >= 0.6 is 11.8 Å². The number of amides is 1. The molecule has 0 unspecified atom stereocenters. The summed E-state index contributed by atoms with van der Waals surface area (Å²) in [5.41, 5.74) is 3.65. The highest BCUT2D eigenvalue weighted by Gasteiger charge is 2.04. The molecule has 0 bridgehead atoms. The van der Waals surface area contributed by atoms with Crippen LogP contribution in [0.5, 0.6) is 0 Å². The molecule has 20 heavy (non-hydrogen) atoms. The van der Waals surface area contributed by atoms with Crippen molar-refractivity contribution in [2.24, 2.45) is 0 Å². The Kier molecular flexibility index (Phi) is 5.24. The number of carbonyl (C=O) groups excluding carboxylic acids is 1. The van der Waals surface area contributed by atoms with E-state index < -0.39 is 0 Å². The molecule has 3 heteroatoms. The number of nitrogens with one attached hydrogen (secondary N) is 1. The monoisotopic (exact) mass is 285 g/mol. The molecule has 2 rings (SSSR count). The van der Waals surface area contributed by atoms with E-state index in [1.807, 2.05) is 30.3 Å². The van der Waals surface area contributed by atoms with Crippen molar-refractivity contribution in [3.05, 3.63) is 65.2 Å². The summed E-state index contributed by atoms with van der Waals surface area (Å²) in [6, 6.07) is 16.3. The number of benzene rings is 2. The topological polar surface area (TPSA) is 29.1 Å². The number of hydrogen-bond acceptors (Lipinski definition) is 2. The van der Waals surface area contributed by atoms with Gasteiger partial charge in [-0.3, -0.25) is 4.79 Å². The lowest BCUT2D eigenvalue weighted by Crippen LogP contribution is -2.24. The molecule has 1 N–H and O–H groups in total. The molecule has 0 aromatic heterocycles. The average Bonchev–Trinajstić information content (AvgIpc) is 2.45. The Bertz CT molecular complexity index is 581. The van der Waals surface area contributed by atoms with Gasteiger partial charge in [-0.2, -0.15) is 0 Å². The number of aryl methyl sites for hydroxylation is 2. The quantitative estimate of drug-likeness (QED) is 0.848. The largest absolute Gasteiger partial charge is 0.351 e. The molecule has 1 amide bonds. The van der Waals surface area contributed by atoms with Crippen LogP contribution in [-0.2, 0) is 11.3 Å². The van der Waals surface area contributed by atoms with Gasteiger partial charge in [-0.05, 0) is 37.1 Å². The maximum atomic E-state index is 11.8. The fraction of sp³-hybridized carbons (Fsp3) is 0.235. The van der Waals surface area contributed by atoms with Crippen LogP contribution in [0.1, 0.15) is 16.7 Å². The van der Waals surface area contributed by atoms with E-state index in [0.29, 0.717) is 12.3 Å². The van der Waals surface area contributed by atoms with Crippen LogP contribution in [0.4, 0.5) is 0 Å². The summed E-state index contributed by atoms with van der Waals surface area (Å²) < 4.78 is 0. The predicted octanol–water partition coefficient (Wildman–Crippen LogP) is 3.71. The maximum absolute atomic E-state index is 11.8. The van der Waals surface area contributed by atoms with Gasteiger partial charge in [0, 0.05) is 11.4 Å². The van der Waals surface area contributed by atoms with Gasteiger partial charge in [-0.25, -0.2) is 0 Å². The Morgan fingerprint density at radius 2 is 1.85 bits per heavy atom. The average molecular weight is 285 g/mol. The van der Waals surface area contributed by atoms with Crippen molar-refractivity contribution in [3.63, 3.8) is 0 Å². The lowest BCUT2D eigenvalue weighted by molar-refractivity contribution is -0.118. The molecule has 2 aromatic rings. The fourth-order valence-electron chi connectivity index (χ4n) is 1.95. The van der Waals surface area contributed by atoms with Crippen LogP contribution in [-0.4, -0.2) is 11.7 Å². The second kappa shape index (κ2) is 7.15. The fourth-order valence-corrected chi connectivity index (χ4v) is 2.70. The van der Waals surface area contributed by atoms with Crippen molar-refractivity contribution in [1.82, 2.24) is 5.32 Å². The zero-order chi connectivity index (χ0) is 14.4. The highest BCUT2D eigenvalue weighted by Crippen LogP contribution is 2.16. The summed E-state index contributed by atoms with van der Waals surface area (Å²) in [6.07, 6.45) is 0. The number of thioether (sulfide) groups is 1. The third-order valence-corrected chi connectivity index (χ3v) is 4.10. The summed E-state index contributed by atoms with van der Waals surface area (Å²) >= 11 is 1.56. The van der Waals surface area contributed by atoms with Crippen molar-refractivity contribution < 1.29 is 4.79 Å². The lowest BCUT2D eigenvalue weighted by atomic mass is 10.1. The predicted molar refractivity (Wildman–Crippen MR) is 84.9 cm³/mol. The Labute approximate surface area is 124 Å². The lowest BCUT2D eigenvalue weighted by Gasteiger charge is -2.08. The van der Waals surface area contributed by atoms with Crippen molar-refractivity contribution in [2.45, 2.75) is 25.3 Å². The number of rotatable bonds is 5. The minimum absolute atomic E-state index is 0.0684. The molecule has 0 spiro atoms. The van der Waals surface area contributed by atoms with Gasteiger partial charge in [0.2, 0.25) is 5.91 Å². The van der Waals surface area contributed by atoms with Gasteiger partial charge >= 0.3 is 0 Å².